The van der Waals surface area contributed by atoms with E-state index in [1.165, 1.54) is 62.3 Å². The molecular formula is C31H36F4O2. The summed E-state index contributed by atoms with van der Waals surface area (Å²) in [7, 11) is 0. The van der Waals surface area contributed by atoms with Gasteiger partial charge in [-0.25, -0.2) is 8.78 Å². The maximum atomic E-state index is 15.5. The maximum absolute atomic E-state index is 15.5. The van der Waals surface area contributed by atoms with E-state index in [0.717, 1.165) is 18.8 Å². The standard InChI is InChI=1S/C31H36F4O2/c1-3-5-19-6-8-20(9-7-19)22-11-14-23(37-18-22)13-10-21-12-15-24-25-16-17-26(36-4-2)30(33)28(25)31(34,35)27(24)29(21)32/h12,15-20,23H,3-11,13-14H2,1-2H3. The molecule has 1 aliphatic heterocycles. The van der Waals surface area contributed by atoms with Crippen LogP contribution in [0.25, 0.3) is 11.1 Å². The Morgan fingerprint density at radius 1 is 0.892 bits per heavy atom. The minimum absolute atomic E-state index is 0.0170. The van der Waals surface area contributed by atoms with Gasteiger partial charge in [-0.2, -0.15) is 8.78 Å². The van der Waals surface area contributed by atoms with Gasteiger partial charge in [0.2, 0.25) is 0 Å². The van der Waals surface area contributed by atoms with E-state index in [4.69, 9.17) is 9.47 Å². The molecular weight excluding hydrogens is 480 g/mol. The third kappa shape index (κ3) is 4.88. The van der Waals surface area contributed by atoms with E-state index in [1.54, 1.807) is 13.0 Å². The molecule has 5 rings (SSSR count). The second-order valence-corrected chi connectivity index (χ2v) is 10.8. The van der Waals surface area contributed by atoms with Gasteiger partial charge < -0.3 is 9.47 Å². The van der Waals surface area contributed by atoms with Gasteiger partial charge in [0.05, 0.1) is 30.1 Å². The van der Waals surface area contributed by atoms with Gasteiger partial charge in [0.25, 0.3) is 0 Å². The van der Waals surface area contributed by atoms with Gasteiger partial charge in [0, 0.05) is 0 Å². The molecule has 3 aliphatic rings. The van der Waals surface area contributed by atoms with Crippen LogP contribution in [0.3, 0.4) is 0 Å². The molecule has 1 atom stereocenters. The number of hydrogen-bond acceptors (Lipinski definition) is 2. The van der Waals surface area contributed by atoms with Gasteiger partial charge in [-0.05, 0) is 105 Å². The van der Waals surface area contributed by atoms with Crippen molar-refractivity contribution >= 4 is 0 Å². The fraction of sp³-hybridized carbons (Fsp3) is 0.548. The Morgan fingerprint density at radius 3 is 2.24 bits per heavy atom. The van der Waals surface area contributed by atoms with E-state index >= 15 is 13.2 Å². The predicted octanol–water partition coefficient (Wildman–Crippen LogP) is 9.09. The molecule has 37 heavy (non-hydrogen) atoms. The Bertz CT molecular complexity index is 1160. The second kappa shape index (κ2) is 10.7. The van der Waals surface area contributed by atoms with Gasteiger partial charge in [-0.3, -0.25) is 0 Å². The summed E-state index contributed by atoms with van der Waals surface area (Å²) in [5.74, 6) is -4.62. The summed E-state index contributed by atoms with van der Waals surface area (Å²) < 4.78 is 72.3. The molecule has 200 valence electrons. The normalized spacial score (nSPS) is 24.2. The summed E-state index contributed by atoms with van der Waals surface area (Å²) >= 11 is 0. The zero-order chi connectivity index (χ0) is 26.2. The van der Waals surface area contributed by atoms with E-state index < -0.39 is 28.7 Å². The minimum atomic E-state index is -3.77. The van der Waals surface area contributed by atoms with E-state index in [-0.39, 0.29) is 41.6 Å². The zero-order valence-electron chi connectivity index (χ0n) is 21.7. The number of benzene rings is 2. The highest BCUT2D eigenvalue weighted by Gasteiger charge is 2.50. The number of alkyl halides is 2. The minimum Gasteiger partial charge on any atom is -0.498 e. The largest absolute Gasteiger partial charge is 0.498 e. The molecule has 1 unspecified atom stereocenters. The van der Waals surface area contributed by atoms with Crippen molar-refractivity contribution in [3.63, 3.8) is 0 Å². The van der Waals surface area contributed by atoms with Crippen LogP contribution in [-0.4, -0.2) is 12.7 Å². The van der Waals surface area contributed by atoms with Crippen LogP contribution in [0.15, 0.2) is 36.1 Å². The monoisotopic (exact) mass is 516 g/mol. The number of ether oxygens (including phenoxy) is 2. The second-order valence-electron chi connectivity index (χ2n) is 10.8. The van der Waals surface area contributed by atoms with Crippen LogP contribution < -0.4 is 4.74 Å². The fourth-order valence-electron chi connectivity index (χ4n) is 6.52. The van der Waals surface area contributed by atoms with Crippen molar-refractivity contribution < 1.29 is 27.0 Å². The number of aryl methyl sites for hydroxylation is 1. The van der Waals surface area contributed by atoms with Crippen molar-refractivity contribution in [3.8, 4) is 16.9 Å². The first kappa shape index (κ1) is 26.1. The van der Waals surface area contributed by atoms with Crippen molar-refractivity contribution in [2.75, 3.05) is 6.61 Å². The number of rotatable bonds is 8. The molecule has 6 heteroatoms. The molecule has 2 nitrogen and oxygen atoms in total. The average molecular weight is 517 g/mol. The Labute approximate surface area is 217 Å². The Morgan fingerprint density at radius 2 is 1.59 bits per heavy atom. The molecule has 1 heterocycles. The highest BCUT2D eigenvalue weighted by atomic mass is 19.3. The molecule has 0 N–H and O–H groups in total. The lowest BCUT2D eigenvalue weighted by atomic mass is 9.76. The zero-order valence-corrected chi connectivity index (χ0v) is 21.7. The molecule has 2 aromatic rings. The molecule has 2 aliphatic carbocycles. The van der Waals surface area contributed by atoms with Crippen molar-refractivity contribution in [3.05, 3.63) is 64.4 Å². The van der Waals surface area contributed by atoms with Crippen LogP contribution >= 0.6 is 0 Å². The molecule has 0 bridgehead atoms. The van der Waals surface area contributed by atoms with Crippen LogP contribution in [0.4, 0.5) is 17.6 Å². The van der Waals surface area contributed by atoms with Gasteiger partial charge in [-0.15, -0.1) is 0 Å². The third-order valence-corrected chi connectivity index (χ3v) is 8.52. The van der Waals surface area contributed by atoms with E-state index in [9.17, 15) is 4.39 Å². The molecule has 0 saturated heterocycles. The van der Waals surface area contributed by atoms with E-state index in [1.807, 2.05) is 6.26 Å². The average Bonchev–Trinajstić information content (AvgIpc) is 3.14. The Kier molecular flexibility index (Phi) is 7.56. The van der Waals surface area contributed by atoms with Crippen LogP contribution in [0.1, 0.15) is 88.3 Å². The first-order chi connectivity index (χ1) is 17.8. The van der Waals surface area contributed by atoms with Gasteiger partial charge >= 0.3 is 5.92 Å². The topological polar surface area (TPSA) is 18.5 Å². The molecule has 0 radical (unpaired) electrons. The summed E-state index contributed by atoms with van der Waals surface area (Å²) in [6, 6.07) is 5.75. The fourth-order valence-corrected chi connectivity index (χ4v) is 6.52. The number of fused-ring (bicyclic) bond motifs is 3. The smallest absolute Gasteiger partial charge is 0.305 e. The predicted molar refractivity (Wildman–Crippen MR) is 137 cm³/mol. The summed E-state index contributed by atoms with van der Waals surface area (Å²) in [6.45, 7) is 4.05. The SMILES string of the molecule is CCCC1CCC(C2=COC(CCc3ccc4c(c3F)C(F)(F)c3c-4ccc(OCC)c3F)CC2)CC1. The molecule has 2 aromatic carbocycles. The first-order valence-corrected chi connectivity index (χ1v) is 13.8. The molecule has 0 amide bonds. The lowest BCUT2D eigenvalue weighted by Crippen LogP contribution is -2.22. The van der Waals surface area contributed by atoms with Crippen LogP contribution in [0.5, 0.6) is 5.75 Å². The number of allylic oxidation sites excluding steroid dienone is 1. The number of hydrogen-bond donors (Lipinski definition) is 0. The quantitative estimate of drug-likeness (QED) is 0.326. The van der Waals surface area contributed by atoms with Gasteiger partial charge in [0.1, 0.15) is 5.82 Å². The third-order valence-electron chi connectivity index (χ3n) is 8.52. The molecule has 0 spiro atoms. The maximum Gasteiger partial charge on any atom is 0.305 e. The van der Waals surface area contributed by atoms with Crippen LogP contribution in [0.2, 0.25) is 0 Å². The molecule has 0 aromatic heterocycles. The van der Waals surface area contributed by atoms with E-state index in [0.29, 0.717) is 12.3 Å². The summed E-state index contributed by atoms with van der Waals surface area (Å²) in [5.41, 5.74) is 0.117. The summed E-state index contributed by atoms with van der Waals surface area (Å²) in [4.78, 5) is 0. The van der Waals surface area contributed by atoms with Crippen LogP contribution in [0, 0.1) is 23.5 Å². The van der Waals surface area contributed by atoms with Crippen LogP contribution in [-0.2, 0) is 17.1 Å². The first-order valence-electron chi connectivity index (χ1n) is 13.8. The highest BCUT2D eigenvalue weighted by Crippen LogP contribution is 2.54. The summed E-state index contributed by atoms with van der Waals surface area (Å²) in [5, 5.41) is 0. The highest BCUT2D eigenvalue weighted by molar-refractivity contribution is 5.81. The van der Waals surface area contributed by atoms with E-state index in [2.05, 4.69) is 6.92 Å². The van der Waals surface area contributed by atoms with Gasteiger partial charge in [-0.1, -0.05) is 31.9 Å². The lowest BCUT2D eigenvalue weighted by molar-refractivity contribution is 0.0396. The summed E-state index contributed by atoms with van der Waals surface area (Å²) in [6.07, 6.45) is 12.2. The van der Waals surface area contributed by atoms with Crippen molar-refractivity contribution in [1.29, 1.82) is 0 Å². The Hall–Kier alpha value is -2.50. The van der Waals surface area contributed by atoms with Crippen molar-refractivity contribution in [1.82, 2.24) is 0 Å². The molecule has 1 fully saturated rings. The van der Waals surface area contributed by atoms with Crippen molar-refractivity contribution in [2.45, 2.75) is 90.1 Å². The molecule has 1 saturated carbocycles. The number of halogens is 4. The Balaban J connectivity index is 1.25. The lowest BCUT2D eigenvalue weighted by Gasteiger charge is -2.33. The van der Waals surface area contributed by atoms with Gasteiger partial charge in [0.15, 0.2) is 11.6 Å². The van der Waals surface area contributed by atoms with Crippen molar-refractivity contribution in [2.24, 2.45) is 11.8 Å².